The van der Waals surface area contributed by atoms with Crippen molar-refractivity contribution in [3.05, 3.63) is 66.2 Å². The monoisotopic (exact) mass is 472 g/mol. The number of aromatic nitrogens is 1. The van der Waals surface area contributed by atoms with Gasteiger partial charge in [-0.05, 0) is 73.8 Å². The smallest absolute Gasteiger partial charge is 0.242 e. The van der Waals surface area contributed by atoms with Crippen molar-refractivity contribution in [1.29, 1.82) is 0 Å². The number of carbonyl (C=O) groups excluding carboxylic acids is 1. The average molecular weight is 473 g/mol. The summed E-state index contributed by atoms with van der Waals surface area (Å²) in [7, 11) is 0. The number of anilines is 1. The van der Waals surface area contributed by atoms with E-state index in [9.17, 15) is 9.90 Å². The van der Waals surface area contributed by atoms with Gasteiger partial charge in [0.25, 0.3) is 0 Å². The first-order chi connectivity index (χ1) is 17.0. The number of aryl methyl sites for hydroxylation is 1. The molecule has 1 aromatic heterocycles. The molecule has 0 radical (unpaired) electrons. The number of pyridine rings is 1. The molecule has 1 amide bonds. The van der Waals surface area contributed by atoms with Gasteiger partial charge in [0.15, 0.2) is 0 Å². The van der Waals surface area contributed by atoms with Crippen LogP contribution in [0.2, 0.25) is 0 Å². The van der Waals surface area contributed by atoms with Crippen molar-refractivity contribution >= 4 is 11.7 Å². The Hall–Kier alpha value is -3.38. The summed E-state index contributed by atoms with van der Waals surface area (Å²) in [6, 6.07) is 19.4. The minimum absolute atomic E-state index is 0.0573. The third-order valence-corrected chi connectivity index (χ3v) is 6.92. The summed E-state index contributed by atoms with van der Waals surface area (Å²) in [5.41, 5.74) is 4.70. The Morgan fingerprint density at radius 2 is 1.80 bits per heavy atom. The van der Waals surface area contributed by atoms with Crippen LogP contribution in [0.1, 0.15) is 32.3 Å². The van der Waals surface area contributed by atoms with Crippen molar-refractivity contribution in [2.75, 3.05) is 37.6 Å². The van der Waals surface area contributed by atoms with Crippen LogP contribution in [0.3, 0.4) is 0 Å². The van der Waals surface area contributed by atoms with Gasteiger partial charge >= 0.3 is 0 Å². The average Bonchev–Trinajstić information content (AvgIpc) is 3.37. The molecule has 3 aromatic rings. The molecule has 2 N–H and O–H groups in total. The first-order valence-corrected chi connectivity index (χ1v) is 12.6. The summed E-state index contributed by atoms with van der Waals surface area (Å²) in [4.78, 5) is 22.5. The summed E-state index contributed by atoms with van der Waals surface area (Å²) in [5, 5.41) is 13.7. The van der Waals surface area contributed by atoms with Gasteiger partial charge in [0, 0.05) is 25.2 Å². The molecule has 1 atom stereocenters. The maximum absolute atomic E-state index is 13.2. The van der Waals surface area contributed by atoms with Gasteiger partial charge < -0.3 is 20.2 Å². The van der Waals surface area contributed by atoms with Gasteiger partial charge in [-0.25, -0.2) is 4.98 Å². The van der Waals surface area contributed by atoms with Crippen LogP contribution < -0.4 is 10.2 Å². The third kappa shape index (κ3) is 5.65. The lowest BCUT2D eigenvalue weighted by atomic mass is 9.99. The molecule has 0 spiro atoms. The molecule has 6 nitrogen and oxygen atoms in total. The number of para-hydroxylation sites is 1. The quantitative estimate of drug-likeness (QED) is 0.466. The van der Waals surface area contributed by atoms with Crippen LogP contribution in [0, 0.1) is 6.92 Å². The summed E-state index contributed by atoms with van der Waals surface area (Å²) in [6.07, 6.45) is 1.75. The van der Waals surface area contributed by atoms with E-state index in [4.69, 9.17) is 4.98 Å². The second-order valence-electron chi connectivity index (χ2n) is 9.10. The molecule has 0 bridgehead atoms. The van der Waals surface area contributed by atoms with Gasteiger partial charge in [-0.3, -0.25) is 4.79 Å². The molecule has 0 aliphatic carbocycles. The molecule has 1 aliphatic heterocycles. The van der Waals surface area contributed by atoms with Crippen molar-refractivity contribution < 1.29 is 9.90 Å². The highest BCUT2D eigenvalue weighted by molar-refractivity contribution is 5.86. The molecule has 2 heterocycles. The number of rotatable bonds is 9. The fourth-order valence-electron chi connectivity index (χ4n) is 4.85. The molecule has 1 fully saturated rings. The fraction of sp³-hybridized carbons (Fsp3) is 0.379. The molecular formula is C29H36N4O2. The summed E-state index contributed by atoms with van der Waals surface area (Å²) in [6.45, 7) is 10.6. The number of phenolic OH excluding ortho intramolecular Hbond substituents is 1. The highest BCUT2D eigenvalue weighted by atomic mass is 16.3. The van der Waals surface area contributed by atoms with Crippen LogP contribution in [0.5, 0.6) is 5.75 Å². The van der Waals surface area contributed by atoms with Gasteiger partial charge in [-0.2, -0.15) is 0 Å². The topological polar surface area (TPSA) is 68.7 Å². The molecule has 35 heavy (non-hydrogen) atoms. The largest absolute Gasteiger partial charge is 0.507 e. The Labute approximate surface area is 208 Å². The second kappa shape index (κ2) is 11.4. The number of aromatic hydroxyl groups is 1. The minimum Gasteiger partial charge on any atom is -0.507 e. The summed E-state index contributed by atoms with van der Waals surface area (Å²) < 4.78 is 0. The number of hydrogen-bond acceptors (Lipinski definition) is 5. The van der Waals surface area contributed by atoms with Crippen LogP contribution >= 0.6 is 0 Å². The van der Waals surface area contributed by atoms with E-state index in [0.29, 0.717) is 17.8 Å². The van der Waals surface area contributed by atoms with Crippen molar-refractivity contribution in [1.82, 2.24) is 15.2 Å². The summed E-state index contributed by atoms with van der Waals surface area (Å²) in [5.74, 6) is 1.02. The van der Waals surface area contributed by atoms with E-state index in [1.165, 1.54) is 5.56 Å². The van der Waals surface area contributed by atoms with E-state index in [0.717, 1.165) is 56.0 Å². The lowest BCUT2D eigenvalue weighted by molar-refractivity contribution is -0.122. The first-order valence-electron chi connectivity index (χ1n) is 12.6. The Morgan fingerprint density at radius 3 is 2.51 bits per heavy atom. The molecule has 6 heteroatoms. The lowest BCUT2D eigenvalue weighted by Crippen LogP contribution is -2.45. The minimum atomic E-state index is -0.247. The van der Waals surface area contributed by atoms with Crippen LogP contribution in [-0.4, -0.2) is 59.7 Å². The Morgan fingerprint density at radius 1 is 1.09 bits per heavy atom. The first kappa shape index (κ1) is 24.7. The molecule has 1 saturated heterocycles. The zero-order valence-corrected chi connectivity index (χ0v) is 21.0. The fourth-order valence-corrected chi connectivity index (χ4v) is 4.85. The van der Waals surface area contributed by atoms with Crippen LogP contribution in [-0.2, 0) is 4.79 Å². The van der Waals surface area contributed by atoms with Gasteiger partial charge in [0.1, 0.15) is 17.6 Å². The van der Waals surface area contributed by atoms with E-state index < -0.39 is 0 Å². The summed E-state index contributed by atoms with van der Waals surface area (Å²) >= 11 is 0. The SMILES string of the molecule is CCN(CC)CCNC(=O)[C@@H]1CCCN1c1cc(-c2ccccc2C)cc(-c2ccccc2O)n1. The van der Waals surface area contributed by atoms with Crippen molar-refractivity contribution in [3.63, 3.8) is 0 Å². The van der Waals surface area contributed by atoms with Crippen molar-refractivity contribution in [3.8, 4) is 28.1 Å². The highest BCUT2D eigenvalue weighted by Gasteiger charge is 2.32. The van der Waals surface area contributed by atoms with E-state index in [1.54, 1.807) is 6.07 Å². The normalized spacial score (nSPS) is 15.5. The van der Waals surface area contributed by atoms with E-state index in [2.05, 4.69) is 54.1 Å². The molecule has 184 valence electrons. The molecule has 1 aliphatic rings. The molecular weight excluding hydrogens is 436 g/mol. The van der Waals surface area contributed by atoms with Crippen LogP contribution in [0.25, 0.3) is 22.4 Å². The number of carbonyl (C=O) groups is 1. The van der Waals surface area contributed by atoms with E-state index in [-0.39, 0.29) is 17.7 Å². The molecule has 4 rings (SSSR count). The zero-order chi connectivity index (χ0) is 24.8. The maximum atomic E-state index is 13.2. The number of benzene rings is 2. The van der Waals surface area contributed by atoms with E-state index in [1.807, 2.05) is 36.4 Å². The predicted molar refractivity (Wildman–Crippen MR) is 143 cm³/mol. The number of likely N-dealkylation sites (N-methyl/N-ethyl adjacent to an activating group) is 1. The third-order valence-electron chi connectivity index (χ3n) is 6.92. The van der Waals surface area contributed by atoms with Gasteiger partial charge in [-0.1, -0.05) is 50.2 Å². The number of hydrogen-bond donors (Lipinski definition) is 2. The highest BCUT2D eigenvalue weighted by Crippen LogP contribution is 2.36. The molecule has 2 aromatic carbocycles. The van der Waals surface area contributed by atoms with E-state index >= 15 is 0 Å². The number of nitrogens with zero attached hydrogens (tertiary/aromatic N) is 3. The lowest BCUT2D eigenvalue weighted by Gasteiger charge is -2.27. The van der Waals surface area contributed by atoms with Gasteiger partial charge in [0.2, 0.25) is 5.91 Å². The maximum Gasteiger partial charge on any atom is 0.242 e. The Balaban J connectivity index is 1.67. The second-order valence-corrected chi connectivity index (χ2v) is 9.10. The van der Waals surface area contributed by atoms with Crippen LogP contribution in [0.15, 0.2) is 60.7 Å². The molecule has 0 saturated carbocycles. The number of phenols is 1. The standard InChI is InChI=1S/C29H36N4O2/c1-4-32(5-2)18-16-30-29(35)26-14-10-17-33(26)28-20-22(23-12-7-6-11-21(23)3)19-25(31-28)24-13-8-9-15-27(24)34/h6-9,11-13,15,19-20,26,34H,4-5,10,14,16-18H2,1-3H3,(H,30,35)/t26-/m0/s1. The predicted octanol–water partition coefficient (Wildman–Crippen LogP) is 4.86. The van der Waals surface area contributed by atoms with Crippen molar-refractivity contribution in [2.24, 2.45) is 0 Å². The number of amides is 1. The zero-order valence-electron chi connectivity index (χ0n) is 21.0. The Bertz CT molecular complexity index is 1100. The van der Waals surface area contributed by atoms with Crippen LogP contribution in [0.4, 0.5) is 5.82 Å². The van der Waals surface area contributed by atoms with Crippen molar-refractivity contribution in [2.45, 2.75) is 39.7 Å². The Kier molecular flexibility index (Phi) is 8.03. The number of nitrogens with one attached hydrogen (secondary N) is 1. The molecule has 0 unspecified atom stereocenters. The van der Waals surface area contributed by atoms with Gasteiger partial charge in [-0.15, -0.1) is 0 Å². The van der Waals surface area contributed by atoms with Gasteiger partial charge in [0.05, 0.1) is 5.69 Å².